The molecule has 148 valence electrons. The molecule has 2 fully saturated rings. The summed E-state index contributed by atoms with van der Waals surface area (Å²) in [6, 6.07) is 6.15. The van der Waals surface area contributed by atoms with Crippen LogP contribution in [0.15, 0.2) is 18.2 Å². The average molecular weight is 374 g/mol. The number of hydrogen-bond acceptors (Lipinski definition) is 6. The molecule has 3 aliphatic heterocycles. The number of piperazine rings is 2. The highest BCUT2D eigenvalue weighted by Gasteiger charge is 2.24. The summed E-state index contributed by atoms with van der Waals surface area (Å²) in [6.45, 7) is 12.7. The van der Waals surface area contributed by atoms with E-state index in [4.69, 9.17) is 9.47 Å². The molecule has 0 bridgehead atoms. The molecule has 2 saturated heterocycles. The molecule has 0 aliphatic carbocycles. The van der Waals surface area contributed by atoms with Crippen LogP contribution in [-0.2, 0) is 11.3 Å². The summed E-state index contributed by atoms with van der Waals surface area (Å²) in [4.78, 5) is 21.8. The number of hydrogen-bond donors (Lipinski definition) is 0. The second-order valence-electron chi connectivity index (χ2n) is 7.55. The molecule has 0 unspecified atom stereocenters. The van der Waals surface area contributed by atoms with Crippen LogP contribution in [0.25, 0.3) is 0 Å². The van der Waals surface area contributed by atoms with Gasteiger partial charge in [0.25, 0.3) is 0 Å². The van der Waals surface area contributed by atoms with Crippen molar-refractivity contribution < 1.29 is 14.3 Å². The minimum Gasteiger partial charge on any atom is -0.454 e. The van der Waals surface area contributed by atoms with E-state index in [9.17, 15) is 4.79 Å². The zero-order valence-electron chi connectivity index (χ0n) is 16.2. The van der Waals surface area contributed by atoms with Crippen LogP contribution in [0.2, 0.25) is 0 Å². The number of amides is 1. The average Bonchev–Trinajstić information content (AvgIpc) is 3.17. The molecule has 7 heteroatoms. The molecule has 0 spiro atoms. The Hall–Kier alpha value is -1.83. The summed E-state index contributed by atoms with van der Waals surface area (Å²) >= 11 is 0. The lowest BCUT2D eigenvalue weighted by atomic mass is 10.1. The predicted octanol–water partition coefficient (Wildman–Crippen LogP) is 0.697. The number of carbonyl (C=O) groups is 1. The number of carbonyl (C=O) groups excluding carboxylic acids is 1. The quantitative estimate of drug-likeness (QED) is 0.756. The first-order chi connectivity index (χ1) is 13.2. The Morgan fingerprint density at radius 2 is 1.56 bits per heavy atom. The highest BCUT2D eigenvalue weighted by Crippen LogP contribution is 2.32. The summed E-state index contributed by atoms with van der Waals surface area (Å²) in [5, 5.41) is 0. The topological polar surface area (TPSA) is 48.5 Å². The maximum atomic E-state index is 12.6. The van der Waals surface area contributed by atoms with Crippen molar-refractivity contribution in [2.75, 3.05) is 72.2 Å². The highest BCUT2D eigenvalue weighted by atomic mass is 16.7. The van der Waals surface area contributed by atoms with Crippen molar-refractivity contribution in [1.29, 1.82) is 0 Å². The number of benzene rings is 1. The van der Waals surface area contributed by atoms with E-state index in [2.05, 4.69) is 33.8 Å². The predicted molar refractivity (Wildman–Crippen MR) is 103 cm³/mol. The van der Waals surface area contributed by atoms with E-state index in [1.807, 2.05) is 11.0 Å². The summed E-state index contributed by atoms with van der Waals surface area (Å²) in [5.41, 5.74) is 1.23. The van der Waals surface area contributed by atoms with Crippen molar-refractivity contribution in [1.82, 2.24) is 19.6 Å². The van der Waals surface area contributed by atoms with Crippen molar-refractivity contribution >= 4 is 5.91 Å². The van der Waals surface area contributed by atoms with E-state index >= 15 is 0 Å². The van der Waals surface area contributed by atoms with Crippen LogP contribution in [0.5, 0.6) is 11.5 Å². The molecule has 7 nitrogen and oxygen atoms in total. The fraction of sp³-hybridized carbons (Fsp3) is 0.650. The van der Waals surface area contributed by atoms with Gasteiger partial charge in [0.2, 0.25) is 12.7 Å². The largest absolute Gasteiger partial charge is 0.454 e. The fourth-order valence-corrected chi connectivity index (χ4v) is 4.01. The molecule has 0 radical (unpaired) electrons. The Balaban J connectivity index is 1.21. The Labute approximate surface area is 161 Å². The van der Waals surface area contributed by atoms with E-state index in [0.717, 1.165) is 76.9 Å². The van der Waals surface area contributed by atoms with Gasteiger partial charge < -0.3 is 19.3 Å². The van der Waals surface area contributed by atoms with Crippen molar-refractivity contribution in [3.8, 4) is 11.5 Å². The molecule has 1 aromatic rings. The second kappa shape index (κ2) is 8.46. The normalized spacial score (nSPS) is 21.6. The van der Waals surface area contributed by atoms with Crippen LogP contribution >= 0.6 is 0 Å². The third-order valence-corrected chi connectivity index (χ3v) is 5.84. The molecule has 1 aromatic carbocycles. The molecule has 0 aromatic heterocycles. The van der Waals surface area contributed by atoms with E-state index in [0.29, 0.717) is 13.3 Å². The van der Waals surface area contributed by atoms with E-state index in [-0.39, 0.29) is 5.91 Å². The van der Waals surface area contributed by atoms with Gasteiger partial charge in [-0.2, -0.15) is 0 Å². The Kier molecular flexibility index (Phi) is 5.80. The molecule has 0 atom stereocenters. The molecule has 27 heavy (non-hydrogen) atoms. The minimum atomic E-state index is 0.280. The Morgan fingerprint density at radius 1 is 0.889 bits per heavy atom. The number of rotatable bonds is 5. The van der Waals surface area contributed by atoms with E-state index in [1.165, 1.54) is 5.56 Å². The van der Waals surface area contributed by atoms with Crippen LogP contribution in [0.3, 0.4) is 0 Å². The number of nitrogens with zero attached hydrogens (tertiary/aromatic N) is 4. The third-order valence-electron chi connectivity index (χ3n) is 5.84. The van der Waals surface area contributed by atoms with Crippen LogP contribution < -0.4 is 9.47 Å². The van der Waals surface area contributed by atoms with Crippen LogP contribution in [0.4, 0.5) is 0 Å². The van der Waals surface area contributed by atoms with Gasteiger partial charge in [0.15, 0.2) is 11.5 Å². The van der Waals surface area contributed by atoms with Gasteiger partial charge in [-0.05, 0) is 24.2 Å². The van der Waals surface area contributed by atoms with Crippen molar-refractivity contribution in [3.05, 3.63) is 23.8 Å². The first kappa shape index (κ1) is 18.5. The highest BCUT2D eigenvalue weighted by molar-refractivity contribution is 5.78. The maximum Gasteiger partial charge on any atom is 0.236 e. The maximum absolute atomic E-state index is 12.6. The number of likely N-dealkylation sites (N-methyl/N-ethyl adjacent to an activating group) is 1. The molecule has 3 aliphatic rings. The SMILES string of the molecule is CCN1CCN(CC(=O)N2CCN(Cc3ccc4c(c3)OCO4)CC2)CC1. The van der Waals surface area contributed by atoms with Crippen molar-refractivity contribution in [2.45, 2.75) is 13.5 Å². The lowest BCUT2D eigenvalue weighted by molar-refractivity contribution is -0.134. The zero-order chi connectivity index (χ0) is 18.6. The van der Waals surface area contributed by atoms with Crippen LogP contribution in [0, 0.1) is 0 Å². The van der Waals surface area contributed by atoms with Gasteiger partial charge in [-0.1, -0.05) is 13.0 Å². The minimum absolute atomic E-state index is 0.280. The molecule has 0 saturated carbocycles. The van der Waals surface area contributed by atoms with Gasteiger partial charge in [0, 0.05) is 58.9 Å². The smallest absolute Gasteiger partial charge is 0.236 e. The van der Waals surface area contributed by atoms with Gasteiger partial charge in [-0.15, -0.1) is 0 Å². The fourth-order valence-electron chi connectivity index (χ4n) is 4.01. The number of fused-ring (bicyclic) bond motifs is 1. The van der Waals surface area contributed by atoms with Crippen molar-refractivity contribution in [2.24, 2.45) is 0 Å². The monoisotopic (exact) mass is 374 g/mol. The van der Waals surface area contributed by atoms with Gasteiger partial charge in [0.05, 0.1) is 6.54 Å². The van der Waals surface area contributed by atoms with Gasteiger partial charge in [-0.3, -0.25) is 14.6 Å². The third kappa shape index (κ3) is 4.54. The van der Waals surface area contributed by atoms with Crippen molar-refractivity contribution in [3.63, 3.8) is 0 Å². The Morgan fingerprint density at radius 3 is 2.30 bits per heavy atom. The molecule has 4 rings (SSSR count). The second-order valence-corrected chi connectivity index (χ2v) is 7.55. The molecule has 3 heterocycles. The lowest BCUT2D eigenvalue weighted by Crippen LogP contribution is -2.53. The van der Waals surface area contributed by atoms with Crippen LogP contribution in [-0.4, -0.2) is 97.7 Å². The first-order valence-corrected chi connectivity index (χ1v) is 10.0. The summed E-state index contributed by atoms with van der Waals surface area (Å²) < 4.78 is 10.8. The van der Waals surface area contributed by atoms with Crippen LogP contribution in [0.1, 0.15) is 12.5 Å². The molecule has 0 N–H and O–H groups in total. The van der Waals surface area contributed by atoms with E-state index < -0.39 is 0 Å². The Bertz CT molecular complexity index is 653. The molecular weight excluding hydrogens is 344 g/mol. The van der Waals surface area contributed by atoms with E-state index in [1.54, 1.807) is 0 Å². The molecule has 1 amide bonds. The summed E-state index contributed by atoms with van der Waals surface area (Å²) in [5.74, 6) is 1.95. The molecular formula is C20H30N4O3. The van der Waals surface area contributed by atoms with Gasteiger partial charge in [0.1, 0.15) is 0 Å². The van der Waals surface area contributed by atoms with Gasteiger partial charge in [-0.25, -0.2) is 0 Å². The lowest BCUT2D eigenvalue weighted by Gasteiger charge is -2.37. The van der Waals surface area contributed by atoms with Gasteiger partial charge >= 0.3 is 0 Å². The summed E-state index contributed by atoms with van der Waals surface area (Å²) in [6.07, 6.45) is 0. The summed E-state index contributed by atoms with van der Waals surface area (Å²) in [7, 11) is 0. The number of ether oxygens (including phenoxy) is 2. The standard InChI is InChI=1S/C20H30N4O3/c1-2-21-5-7-23(8-6-21)15-20(25)24-11-9-22(10-12-24)14-17-3-4-18-19(13-17)27-16-26-18/h3-4,13H,2,5-12,14-16H2,1H3. The first-order valence-electron chi connectivity index (χ1n) is 10.0. The zero-order valence-corrected chi connectivity index (χ0v) is 16.2.